The van der Waals surface area contributed by atoms with Crippen LogP contribution in [0, 0.1) is 0 Å². The minimum Gasteiger partial charge on any atom is -0.466 e. The zero-order valence-corrected chi connectivity index (χ0v) is 11.0. The van der Waals surface area contributed by atoms with Crippen molar-refractivity contribution in [2.75, 3.05) is 6.61 Å². The van der Waals surface area contributed by atoms with Crippen LogP contribution < -0.4 is 5.73 Å². The van der Waals surface area contributed by atoms with Crippen LogP contribution >= 0.6 is 0 Å². The summed E-state index contributed by atoms with van der Waals surface area (Å²) < 4.78 is 68.9. The Bertz CT molecular complexity index is 517. The summed E-state index contributed by atoms with van der Waals surface area (Å²) in [6.45, 7) is 0.973. The Labute approximate surface area is 117 Å². The molecule has 21 heavy (non-hydrogen) atoms. The van der Waals surface area contributed by atoms with E-state index in [1.807, 2.05) is 0 Å². The average molecular weight is 312 g/mol. The first kappa shape index (κ1) is 17.3. The van der Waals surface area contributed by atoms with Crippen LogP contribution in [0.2, 0.25) is 0 Å². The molecule has 0 spiro atoms. The summed E-state index contributed by atoms with van der Waals surface area (Å²) >= 11 is 0. The maximum atomic E-state index is 12.9. The number of hydrogen-bond acceptors (Lipinski definition) is 4. The van der Waals surface area contributed by atoms with Gasteiger partial charge < -0.3 is 10.5 Å². The molecule has 0 fully saturated rings. The first-order chi connectivity index (χ1) is 9.70. The fourth-order valence-electron chi connectivity index (χ4n) is 1.75. The van der Waals surface area contributed by atoms with Crippen LogP contribution in [-0.2, 0) is 28.7 Å². The maximum Gasteiger partial charge on any atom is 0.417 e. The molecule has 9 heteroatoms. The second-order valence-electron chi connectivity index (χ2n) is 4.01. The Morgan fingerprint density at radius 3 is 2.48 bits per heavy atom. The smallest absolute Gasteiger partial charge is 0.417 e. The number of rotatable bonds is 5. The zero-order chi connectivity index (χ0) is 16.2. The van der Waals surface area contributed by atoms with Crippen LogP contribution in [0.1, 0.15) is 35.9 Å². The number of halogens is 5. The van der Waals surface area contributed by atoms with Gasteiger partial charge in [0.2, 0.25) is 0 Å². The van der Waals surface area contributed by atoms with Gasteiger partial charge in [-0.3, -0.25) is 9.78 Å². The van der Waals surface area contributed by atoms with Gasteiger partial charge in [0.25, 0.3) is 6.43 Å². The molecule has 1 rings (SSSR count). The Kier molecular flexibility index (Phi) is 5.59. The molecule has 1 heterocycles. The Morgan fingerprint density at radius 1 is 1.43 bits per heavy atom. The molecule has 0 aliphatic heterocycles. The normalized spacial score (nSPS) is 11.8. The number of nitrogens with two attached hydrogens (primary N) is 1. The van der Waals surface area contributed by atoms with Crippen molar-refractivity contribution in [1.29, 1.82) is 0 Å². The number of ether oxygens (including phenoxy) is 1. The van der Waals surface area contributed by atoms with E-state index in [0.29, 0.717) is 6.07 Å². The Balaban J connectivity index is 3.34. The molecule has 118 valence electrons. The maximum absolute atomic E-state index is 12.9. The molecule has 0 saturated heterocycles. The van der Waals surface area contributed by atoms with Crippen LogP contribution in [0.15, 0.2) is 6.07 Å². The third-order valence-corrected chi connectivity index (χ3v) is 2.54. The van der Waals surface area contributed by atoms with E-state index in [4.69, 9.17) is 5.73 Å². The highest BCUT2D eigenvalue weighted by atomic mass is 19.4. The summed E-state index contributed by atoms with van der Waals surface area (Å²) in [7, 11) is 0. The van der Waals surface area contributed by atoms with Crippen LogP contribution in [0.25, 0.3) is 0 Å². The average Bonchev–Trinajstić information content (AvgIpc) is 2.36. The third kappa shape index (κ3) is 4.35. The lowest BCUT2D eigenvalue weighted by Crippen LogP contribution is -2.18. The summed E-state index contributed by atoms with van der Waals surface area (Å²) in [5.41, 5.74) is 1.49. The topological polar surface area (TPSA) is 65.2 Å². The van der Waals surface area contributed by atoms with E-state index in [1.54, 1.807) is 0 Å². The van der Waals surface area contributed by atoms with E-state index in [0.717, 1.165) is 0 Å². The molecule has 2 N–H and O–H groups in total. The van der Waals surface area contributed by atoms with Gasteiger partial charge in [0.15, 0.2) is 0 Å². The van der Waals surface area contributed by atoms with Crippen LogP contribution in [0.3, 0.4) is 0 Å². The summed E-state index contributed by atoms with van der Waals surface area (Å²) in [4.78, 5) is 14.9. The highest BCUT2D eigenvalue weighted by Crippen LogP contribution is 2.38. The van der Waals surface area contributed by atoms with Crippen molar-refractivity contribution < 1.29 is 31.5 Å². The van der Waals surface area contributed by atoms with Crippen molar-refractivity contribution in [3.05, 3.63) is 28.6 Å². The molecule has 1 aromatic heterocycles. The van der Waals surface area contributed by atoms with Gasteiger partial charge in [-0.05, 0) is 13.0 Å². The van der Waals surface area contributed by atoms with E-state index < -0.39 is 48.4 Å². The fraction of sp³-hybridized carbons (Fsp3) is 0.500. The number of esters is 1. The number of hydrogen-bond donors (Lipinski definition) is 1. The standard InChI is InChI=1S/C12H13F5N2O2/c1-2-21-9(20)4-6-3-7(12(15,16)17)10(11(13)14)8(5-18)19-6/h3,11H,2,4-5,18H2,1H3. The van der Waals surface area contributed by atoms with E-state index in [9.17, 15) is 26.7 Å². The monoisotopic (exact) mass is 312 g/mol. The molecule has 1 aromatic rings. The predicted molar refractivity (Wildman–Crippen MR) is 62.4 cm³/mol. The van der Waals surface area contributed by atoms with Crippen molar-refractivity contribution in [3.63, 3.8) is 0 Å². The van der Waals surface area contributed by atoms with E-state index in [2.05, 4.69) is 9.72 Å². The lowest BCUT2D eigenvalue weighted by atomic mass is 10.0. The molecular formula is C12H13F5N2O2. The number of aromatic nitrogens is 1. The molecule has 0 amide bonds. The van der Waals surface area contributed by atoms with E-state index >= 15 is 0 Å². The molecule has 0 atom stereocenters. The molecule has 0 aliphatic rings. The molecule has 4 nitrogen and oxygen atoms in total. The van der Waals surface area contributed by atoms with E-state index in [1.165, 1.54) is 6.92 Å². The second kappa shape index (κ2) is 6.79. The van der Waals surface area contributed by atoms with Gasteiger partial charge in [0.05, 0.1) is 35.5 Å². The number of nitrogens with zero attached hydrogens (tertiary/aromatic N) is 1. The van der Waals surface area contributed by atoms with Gasteiger partial charge in [-0.15, -0.1) is 0 Å². The molecule has 0 radical (unpaired) electrons. The highest BCUT2D eigenvalue weighted by Gasteiger charge is 2.38. The van der Waals surface area contributed by atoms with Crippen LogP contribution in [0.5, 0.6) is 0 Å². The van der Waals surface area contributed by atoms with Crippen LogP contribution in [0.4, 0.5) is 22.0 Å². The molecule has 0 aromatic carbocycles. The summed E-state index contributed by atoms with van der Waals surface area (Å²) in [5.74, 6) is -0.800. The van der Waals surface area contributed by atoms with Crippen molar-refractivity contribution in [3.8, 4) is 0 Å². The summed E-state index contributed by atoms with van der Waals surface area (Å²) in [6.07, 6.45) is -8.92. The van der Waals surface area contributed by atoms with Gasteiger partial charge in [-0.1, -0.05) is 0 Å². The summed E-state index contributed by atoms with van der Waals surface area (Å²) in [5, 5.41) is 0. The lowest BCUT2D eigenvalue weighted by Gasteiger charge is -2.17. The van der Waals surface area contributed by atoms with Crippen LogP contribution in [-0.4, -0.2) is 17.6 Å². The lowest BCUT2D eigenvalue weighted by molar-refractivity contribution is -0.143. The molecule has 0 saturated carbocycles. The number of carbonyl (C=O) groups is 1. The molecule has 0 unspecified atom stereocenters. The SMILES string of the molecule is CCOC(=O)Cc1cc(C(F)(F)F)c(C(F)F)c(CN)n1. The first-order valence-electron chi connectivity index (χ1n) is 5.94. The van der Waals surface area contributed by atoms with Gasteiger partial charge in [-0.2, -0.15) is 13.2 Å². The number of alkyl halides is 5. The van der Waals surface area contributed by atoms with Crippen molar-refractivity contribution in [2.24, 2.45) is 5.73 Å². The van der Waals surface area contributed by atoms with Gasteiger partial charge >= 0.3 is 12.1 Å². The van der Waals surface area contributed by atoms with Crippen molar-refractivity contribution in [1.82, 2.24) is 4.98 Å². The fourth-order valence-corrected chi connectivity index (χ4v) is 1.75. The van der Waals surface area contributed by atoms with Gasteiger partial charge in [0.1, 0.15) is 0 Å². The van der Waals surface area contributed by atoms with Gasteiger partial charge in [-0.25, -0.2) is 8.78 Å². The molecule has 0 aliphatic carbocycles. The van der Waals surface area contributed by atoms with Crippen molar-refractivity contribution in [2.45, 2.75) is 32.5 Å². The minimum atomic E-state index is -5.00. The predicted octanol–water partition coefficient (Wildman–Crippen LogP) is 2.60. The van der Waals surface area contributed by atoms with Crippen molar-refractivity contribution >= 4 is 5.97 Å². The summed E-state index contributed by atoms with van der Waals surface area (Å²) in [6, 6.07) is 0.428. The van der Waals surface area contributed by atoms with Gasteiger partial charge in [0, 0.05) is 6.54 Å². The number of pyridine rings is 1. The third-order valence-electron chi connectivity index (χ3n) is 2.54. The quantitative estimate of drug-likeness (QED) is 0.670. The molecule has 0 bridgehead atoms. The Morgan fingerprint density at radius 2 is 2.05 bits per heavy atom. The zero-order valence-electron chi connectivity index (χ0n) is 11.0. The second-order valence-corrected chi connectivity index (χ2v) is 4.01. The largest absolute Gasteiger partial charge is 0.466 e. The Hall–Kier alpha value is -1.77. The first-order valence-corrected chi connectivity index (χ1v) is 5.94. The highest BCUT2D eigenvalue weighted by molar-refractivity contribution is 5.72. The molecular weight excluding hydrogens is 299 g/mol. The minimum absolute atomic E-state index is 0.0455. The van der Waals surface area contributed by atoms with E-state index in [-0.39, 0.29) is 12.3 Å². The number of carbonyl (C=O) groups excluding carboxylic acids is 1.